The van der Waals surface area contributed by atoms with Crippen LogP contribution >= 0.6 is 22.9 Å². The largest absolute Gasteiger partial charge is 0.497 e. The smallest absolute Gasteiger partial charge is 0.317 e. The van der Waals surface area contributed by atoms with Gasteiger partial charge in [0.05, 0.1) is 24.2 Å². The molecule has 128 valence electrons. The fraction of sp³-hybridized carbons (Fsp3) is 0.158. The molecule has 0 spiro atoms. The van der Waals surface area contributed by atoms with E-state index in [1.54, 1.807) is 19.2 Å². The van der Waals surface area contributed by atoms with E-state index >= 15 is 0 Å². The number of benzene rings is 2. The molecular weight excluding hydrogens is 358 g/mol. The Kier molecular flexibility index (Phi) is 5.36. The first kappa shape index (κ1) is 17.5. The average molecular weight is 374 g/mol. The van der Waals surface area contributed by atoms with Gasteiger partial charge in [0.1, 0.15) is 16.5 Å². The zero-order chi connectivity index (χ0) is 17.8. The maximum Gasteiger partial charge on any atom is 0.317 e. The highest BCUT2D eigenvalue weighted by atomic mass is 35.5. The van der Waals surface area contributed by atoms with E-state index in [-0.39, 0.29) is 12.4 Å². The summed E-state index contributed by atoms with van der Waals surface area (Å²) in [6, 6.07) is 12.9. The number of thiazole rings is 1. The molecule has 0 aliphatic heterocycles. The van der Waals surface area contributed by atoms with Crippen molar-refractivity contribution in [1.29, 1.82) is 0 Å². The number of ether oxygens (including phenoxy) is 2. The number of aryl methyl sites for hydroxylation is 1. The fourth-order valence-corrected chi connectivity index (χ4v) is 3.23. The predicted molar refractivity (Wildman–Crippen MR) is 99.6 cm³/mol. The van der Waals surface area contributed by atoms with Crippen molar-refractivity contribution in [1.82, 2.24) is 4.98 Å². The predicted octanol–water partition coefficient (Wildman–Crippen LogP) is 4.93. The van der Waals surface area contributed by atoms with Crippen LogP contribution in [0.3, 0.4) is 0 Å². The van der Waals surface area contributed by atoms with Gasteiger partial charge in [-0.05, 0) is 48.9 Å². The summed E-state index contributed by atoms with van der Waals surface area (Å²) in [7, 11) is 1.63. The molecule has 0 unspecified atom stereocenters. The van der Waals surface area contributed by atoms with Crippen LogP contribution in [0, 0.1) is 6.92 Å². The molecule has 0 atom stereocenters. The molecule has 0 radical (unpaired) electrons. The van der Waals surface area contributed by atoms with Crippen LogP contribution in [-0.4, -0.2) is 18.1 Å². The molecule has 4 nitrogen and oxygen atoms in total. The van der Waals surface area contributed by atoms with Crippen molar-refractivity contribution in [2.75, 3.05) is 7.11 Å². The number of halogens is 1. The maximum atomic E-state index is 12.1. The summed E-state index contributed by atoms with van der Waals surface area (Å²) in [5.41, 5.74) is 2.62. The first-order valence-electron chi connectivity index (χ1n) is 7.61. The Morgan fingerprint density at radius 1 is 1.20 bits per heavy atom. The summed E-state index contributed by atoms with van der Waals surface area (Å²) in [5.74, 6) is 0.774. The van der Waals surface area contributed by atoms with E-state index in [2.05, 4.69) is 4.98 Å². The number of methoxy groups -OCH3 is 1. The number of nitrogens with zero attached hydrogens (tertiary/aromatic N) is 1. The normalized spacial score (nSPS) is 10.5. The Hall–Kier alpha value is -2.37. The van der Waals surface area contributed by atoms with Crippen LogP contribution in [0.25, 0.3) is 10.6 Å². The zero-order valence-corrected chi connectivity index (χ0v) is 15.4. The van der Waals surface area contributed by atoms with Crippen LogP contribution in [0.2, 0.25) is 5.02 Å². The number of carbonyl (C=O) groups excluding carboxylic acids is 1. The van der Waals surface area contributed by atoms with Crippen LogP contribution in [-0.2, 0) is 11.2 Å². The molecule has 0 bridgehead atoms. The van der Waals surface area contributed by atoms with Crippen molar-refractivity contribution < 1.29 is 14.3 Å². The molecule has 25 heavy (non-hydrogen) atoms. The molecule has 3 aromatic rings. The van der Waals surface area contributed by atoms with Gasteiger partial charge in [0.15, 0.2) is 0 Å². The quantitative estimate of drug-likeness (QED) is 0.470. The van der Waals surface area contributed by atoms with Gasteiger partial charge < -0.3 is 9.47 Å². The third kappa shape index (κ3) is 4.38. The van der Waals surface area contributed by atoms with E-state index in [0.717, 1.165) is 21.9 Å². The first-order chi connectivity index (χ1) is 12.0. The molecule has 0 amide bonds. The summed E-state index contributed by atoms with van der Waals surface area (Å²) in [4.78, 5) is 16.6. The minimum absolute atomic E-state index is 0.0942. The van der Waals surface area contributed by atoms with Gasteiger partial charge in [-0.25, -0.2) is 4.98 Å². The number of esters is 1. The molecule has 0 N–H and O–H groups in total. The van der Waals surface area contributed by atoms with Crippen LogP contribution in [0.1, 0.15) is 11.3 Å². The average Bonchev–Trinajstić information content (AvgIpc) is 3.06. The Labute approximate surface area is 155 Å². The molecule has 0 saturated heterocycles. The monoisotopic (exact) mass is 373 g/mol. The van der Waals surface area contributed by atoms with E-state index in [0.29, 0.717) is 16.5 Å². The van der Waals surface area contributed by atoms with Crippen LogP contribution < -0.4 is 9.47 Å². The summed E-state index contributed by atoms with van der Waals surface area (Å²) in [6.07, 6.45) is 0.0942. The molecule has 1 aromatic heterocycles. The lowest BCUT2D eigenvalue weighted by Crippen LogP contribution is -2.11. The zero-order valence-electron chi connectivity index (χ0n) is 13.8. The molecule has 3 rings (SSSR count). The van der Waals surface area contributed by atoms with Gasteiger partial charge in [-0.1, -0.05) is 17.7 Å². The van der Waals surface area contributed by atoms with Gasteiger partial charge in [0.25, 0.3) is 0 Å². The molecule has 0 saturated carbocycles. The minimum Gasteiger partial charge on any atom is -0.497 e. The van der Waals surface area contributed by atoms with E-state index in [9.17, 15) is 4.79 Å². The molecule has 0 aliphatic rings. The van der Waals surface area contributed by atoms with Gasteiger partial charge in [0, 0.05) is 10.9 Å². The minimum atomic E-state index is -0.390. The van der Waals surface area contributed by atoms with Crippen LogP contribution in [0.15, 0.2) is 47.8 Å². The van der Waals surface area contributed by atoms with Gasteiger partial charge in [-0.15, -0.1) is 11.3 Å². The third-order valence-electron chi connectivity index (χ3n) is 3.52. The number of aromatic nitrogens is 1. The second-order valence-electron chi connectivity index (χ2n) is 5.46. The lowest BCUT2D eigenvalue weighted by Gasteiger charge is -2.06. The Morgan fingerprint density at radius 2 is 1.96 bits per heavy atom. The van der Waals surface area contributed by atoms with Crippen molar-refractivity contribution in [3.05, 3.63) is 64.1 Å². The second-order valence-corrected chi connectivity index (χ2v) is 6.72. The highest BCUT2D eigenvalue weighted by Gasteiger charge is 2.13. The second kappa shape index (κ2) is 7.68. The topological polar surface area (TPSA) is 48.4 Å². The Morgan fingerprint density at radius 3 is 2.68 bits per heavy atom. The lowest BCUT2D eigenvalue weighted by molar-refractivity contribution is -0.133. The molecule has 1 heterocycles. The van der Waals surface area contributed by atoms with Crippen molar-refractivity contribution in [3.63, 3.8) is 0 Å². The van der Waals surface area contributed by atoms with Crippen LogP contribution in [0.4, 0.5) is 0 Å². The molecular formula is C19H16ClNO3S. The maximum absolute atomic E-state index is 12.1. The standard InChI is InChI=1S/C19H16ClNO3S/c1-12-3-8-16(20)17(9-12)24-18(22)10-14-11-25-19(21-14)13-4-6-15(23-2)7-5-13/h3-9,11H,10H2,1-2H3. The number of hydrogen-bond donors (Lipinski definition) is 0. The SMILES string of the molecule is COc1ccc(-c2nc(CC(=O)Oc3cc(C)ccc3Cl)cs2)cc1. The first-order valence-corrected chi connectivity index (χ1v) is 8.86. The van der Waals surface area contributed by atoms with Crippen molar-refractivity contribution in [2.45, 2.75) is 13.3 Å². The summed E-state index contributed by atoms with van der Waals surface area (Å²) in [5, 5.41) is 3.12. The van der Waals surface area contributed by atoms with Crippen molar-refractivity contribution in [2.24, 2.45) is 0 Å². The summed E-state index contributed by atoms with van der Waals surface area (Å²) in [6.45, 7) is 1.91. The van der Waals surface area contributed by atoms with E-state index < -0.39 is 0 Å². The lowest BCUT2D eigenvalue weighted by atomic mass is 10.2. The van der Waals surface area contributed by atoms with E-state index in [4.69, 9.17) is 21.1 Å². The molecule has 2 aromatic carbocycles. The number of hydrogen-bond acceptors (Lipinski definition) is 5. The fourth-order valence-electron chi connectivity index (χ4n) is 2.25. The van der Waals surface area contributed by atoms with Gasteiger partial charge >= 0.3 is 5.97 Å². The summed E-state index contributed by atoms with van der Waals surface area (Å²) >= 11 is 7.54. The van der Waals surface area contributed by atoms with Crippen molar-refractivity contribution >= 4 is 28.9 Å². The van der Waals surface area contributed by atoms with Gasteiger partial charge in [-0.2, -0.15) is 0 Å². The van der Waals surface area contributed by atoms with E-state index in [1.165, 1.54) is 11.3 Å². The third-order valence-corrected chi connectivity index (χ3v) is 4.78. The highest BCUT2D eigenvalue weighted by Crippen LogP contribution is 2.27. The Balaban J connectivity index is 1.68. The summed E-state index contributed by atoms with van der Waals surface area (Å²) < 4.78 is 10.5. The molecule has 0 fully saturated rings. The molecule has 0 aliphatic carbocycles. The van der Waals surface area contributed by atoms with Gasteiger partial charge in [0.2, 0.25) is 0 Å². The molecule has 6 heteroatoms. The van der Waals surface area contributed by atoms with Gasteiger partial charge in [-0.3, -0.25) is 4.79 Å². The van der Waals surface area contributed by atoms with Crippen molar-refractivity contribution in [3.8, 4) is 22.1 Å². The Bertz CT molecular complexity index is 890. The number of rotatable bonds is 5. The van der Waals surface area contributed by atoms with Crippen LogP contribution in [0.5, 0.6) is 11.5 Å². The van der Waals surface area contributed by atoms with E-state index in [1.807, 2.05) is 42.6 Å². The highest BCUT2D eigenvalue weighted by molar-refractivity contribution is 7.13. The number of carbonyl (C=O) groups is 1.